The first-order valence-electron chi connectivity index (χ1n) is 11.1. The molecule has 9 nitrogen and oxygen atoms in total. The molecule has 4 aromatic rings. The molecule has 0 bridgehead atoms. The fourth-order valence-electron chi connectivity index (χ4n) is 4.33. The number of anilines is 1. The summed E-state index contributed by atoms with van der Waals surface area (Å²) in [6.07, 6.45) is 0. The van der Waals surface area contributed by atoms with Crippen LogP contribution in [0.1, 0.15) is 12.7 Å². The maximum Gasteiger partial charge on any atom is 0.260 e. The molecule has 5 rings (SSSR count). The van der Waals surface area contributed by atoms with Gasteiger partial charge in [0.2, 0.25) is 5.95 Å². The predicted molar refractivity (Wildman–Crippen MR) is 129 cm³/mol. The molecule has 34 heavy (non-hydrogen) atoms. The zero-order valence-electron chi connectivity index (χ0n) is 19.0. The number of hydrogen-bond donors (Lipinski definition) is 0. The summed E-state index contributed by atoms with van der Waals surface area (Å²) >= 11 is 6.24. The minimum absolute atomic E-state index is 0.00868. The minimum Gasteiger partial charge on any atom is -0.484 e. The molecule has 1 aliphatic rings. The van der Waals surface area contributed by atoms with Crippen LogP contribution in [0.15, 0.2) is 48.5 Å². The molecule has 0 saturated carbocycles. The van der Waals surface area contributed by atoms with Crippen molar-refractivity contribution in [2.75, 3.05) is 38.3 Å². The molecule has 1 fully saturated rings. The smallest absolute Gasteiger partial charge is 0.260 e. The summed E-state index contributed by atoms with van der Waals surface area (Å²) in [5.74, 6) is 2.02. The number of piperazine rings is 1. The number of benzene rings is 2. The normalized spacial score (nSPS) is 16.4. The summed E-state index contributed by atoms with van der Waals surface area (Å²) < 4.78 is 12.9. The number of fused-ring (bicyclic) bond motifs is 3. The van der Waals surface area contributed by atoms with Crippen LogP contribution >= 0.6 is 11.6 Å². The molecule has 2 aromatic heterocycles. The number of amides is 1. The molecular formula is C24H25ClN6O3. The van der Waals surface area contributed by atoms with Crippen LogP contribution in [0.3, 0.4) is 0 Å². The van der Waals surface area contributed by atoms with Crippen molar-refractivity contribution < 1.29 is 14.3 Å². The van der Waals surface area contributed by atoms with Crippen LogP contribution in [0.2, 0.25) is 5.02 Å². The summed E-state index contributed by atoms with van der Waals surface area (Å²) in [4.78, 5) is 21.8. The predicted octanol–water partition coefficient (Wildman–Crippen LogP) is 3.19. The Balaban J connectivity index is 1.40. The molecule has 1 unspecified atom stereocenters. The molecule has 1 amide bonds. The van der Waals surface area contributed by atoms with Crippen molar-refractivity contribution in [3.63, 3.8) is 0 Å². The number of nitrogens with zero attached hydrogens (tertiary/aromatic N) is 6. The number of hydrogen-bond acceptors (Lipinski definition) is 7. The summed E-state index contributed by atoms with van der Waals surface area (Å²) in [6.45, 7) is 4.12. The van der Waals surface area contributed by atoms with Gasteiger partial charge in [-0.1, -0.05) is 29.8 Å². The molecule has 0 aliphatic carbocycles. The van der Waals surface area contributed by atoms with Crippen molar-refractivity contribution >= 4 is 40.0 Å². The van der Waals surface area contributed by atoms with Gasteiger partial charge in [0.05, 0.1) is 5.52 Å². The van der Waals surface area contributed by atoms with E-state index in [1.54, 1.807) is 7.11 Å². The van der Waals surface area contributed by atoms with Crippen LogP contribution in [0.25, 0.3) is 16.6 Å². The van der Waals surface area contributed by atoms with Gasteiger partial charge in [0, 0.05) is 43.2 Å². The number of para-hydroxylation sites is 1. The first-order chi connectivity index (χ1) is 16.5. The third-order valence-electron chi connectivity index (χ3n) is 5.96. The Labute approximate surface area is 201 Å². The molecule has 1 atom stereocenters. The number of carbonyl (C=O) groups excluding carboxylic acids is 1. The number of methoxy groups -OCH3 is 1. The maximum atomic E-state index is 12.9. The monoisotopic (exact) mass is 480 g/mol. The van der Waals surface area contributed by atoms with Gasteiger partial charge in [0.25, 0.3) is 5.91 Å². The standard InChI is InChI=1S/C24H25ClN6O3/c1-16-13-29(10-11-30(16)22(32)15-34-18-6-4-3-5-7-18)24-26-20-12-17(25)8-9-19(20)23-28-27-21(14-33-2)31(23)24/h3-9,12,16H,10-11,13-15H2,1-2H3. The van der Waals surface area contributed by atoms with Gasteiger partial charge in [-0.25, -0.2) is 9.38 Å². The summed E-state index contributed by atoms with van der Waals surface area (Å²) in [5.41, 5.74) is 1.44. The number of aromatic nitrogens is 4. The van der Waals surface area contributed by atoms with Crippen molar-refractivity contribution in [2.45, 2.75) is 19.6 Å². The van der Waals surface area contributed by atoms with Gasteiger partial charge in [-0.3, -0.25) is 4.79 Å². The van der Waals surface area contributed by atoms with Gasteiger partial charge in [-0.2, -0.15) is 0 Å². The lowest BCUT2D eigenvalue weighted by Crippen LogP contribution is -2.55. The SMILES string of the molecule is COCc1nnc2c3ccc(Cl)cc3nc(N3CCN(C(=O)COc4ccccc4)C(C)C3)n12. The number of ether oxygens (including phenoxy) is 2. The highest BCUT2D eigenvalue weighted by Gasteiger charge is 2.30. The molecule has 2 aromatic carbocycles. The topological polar surface area (TPSA) is 85.1 Å². The first kappa shape index (κ1) is 22.4. The van der Waals surface area contributed by atoms with E-state index in [1.165, 1.54) is 0 Å². The van der Waals surface area contributed by atoms with E-state index in [0.29, 0.717) is 54.4 Å². The van der Waals surface area contributed by atoms with Crippen molar-refractivity contribution in [3.8, 4) is 5.75 Å². The average Bonchev–Trinajstić information content (AvgIpc) is 3.26. The second-order valence-corrected chi connectivity index (χ2v) is 8.70. The lowest BCUT2D eigenvalue weighted by molar-refractivity contribution is -0.135. The van der Waals surface area contributed by atoms with Gasteiger partial charge < -0.3 is 19.3 Å². The van der Waals surface area contributed by atoms with Crippen LogP contribution in [0, 0.1) is 0 Å². The quantitative estimate of drug-likeness (QED) is 0.419. The lowest BCUT2D eigenvalue weighted by atomic mass is 10.2. The van der Waals surface area contributed by atoms with E-state index < -0.39 is 0 Å². The maximum absolute atomic E-state index is 12.9. The zero-order valence-corrected chi connectivity index (χ0v) is 19.8. The van der Waals surface area contributed by atoms with E-state index in [0.717, 1.165) is 10.9 Å². The molecular weight excluding hydrogens is 456 g/mol. The number of halogens is 1. The Morgan fingerprint density at radius 1 is 1.15 bits per heavy atom. The van der Waals surface area contributed by atoms with Crippen LogP contribution in [-0.4, -0.2) is 69.8 Å². The Morgan fingerprint density at radius 3 is 2.74 bits per heavy atom. The molecule has 0 radical (unpaired) electrons. The van der Waals surface area contributed by atoms with E-state index in [1.807, 2.05) is 64.8 Å². The van der Waals surface area contributed by atoms with Crippen molar-refractivity contribution in [1.82, 2.24) is 24.5 Å². The Kier molecular flexibility index (Phi) is 6.21. The van der Waals surface area contributed by atoms with Gasteiger partial charge in [0.15, 0.2) is 18.1 Å². The van der Waals surface area contributed by atoms with Gasteiger partial charge in [-0.15, -0.1) is 10.2 Å². The fourth-order valence-corrected chi connectivity index (χ4v) is 4.50. The molecule has 1 aliphatic heterocycles. The van der Waals surface area contributed by atoms with Crippen molar-refractivity contribution in [1.29, 1.82) is 0 Å². The Morgan fingerprint density at radius 2 is 1.97 bits per heavy atom. The second-order valence-electron chi connectivity index (χ2n) is 8.27. The van der Waals surface area contributed by atoms with E-state index >= 15 is 0 Å². The van der Waals surface area contributed by atoms with Crippen LogP contribution < -0.4 is 9.64 Å². The van der Waals surface area contributed by atoms with Crippen LogP contribution in [0.4, 0.5) is 5.95 Å². The van der Waals surface area contributed by atoms with Crippen molar-refractivity contribution in [3.05, 3.63) is 59.4 Å². The van der Waals surface area contributed by atoms with Crippen LogP contribution in [-0.2, 0) is 16.1 Å². The third kappa shape index (κ3) is 4.24. The van der Waals surface area contributed by atoms with Gasteiger partial charge >= 0.3 is 0 Å². The molecule has 10 heteroatoms. The second kappa shape index (κ2) is 9.44. The Bertz CT molecular complexity index is 1330. The molecule has 1 saturated heterocycles. The van der Waals surface area contributed by atoms with Crippen molar-refractivity contribution in [2.24, 2.45) is 0 Å². The summed E-state index contributed by atoms with van der Waals surface area (Å²) in [5, 5.41) is 10.2. The highest BCUT2D eigenvalue weighted by molar-refractivity contribution is 6.31. The van der Waals surface area contributed by atoms with Crippen LogP contribution in [0.5, 0.6) is 5.75 Å². The highest BCUT2D eigenvalue weighted by atomic mass is 35.5. The fraction of sp³-hybridized carbons (Fsp3) is 0.333. The lowest BCUT2D eigenvalue weighted by Gasteiger charge is -2.40. The molecule has 176 valence electrons. The number of carbonyl (C=O) groups is 1. The molecule has 3 heterocycles. The summed E-state index contributed by atoms with van der Waals surface area (Å²) in [6, 6.07) is 14.9. The van der Waals surface area contributed by atoms with E-state index in [-0.39, 0.29) is 18.6 Å². The minimum atomic E-state index is -0.0382. The van der Waals surface area contributed by atoms with Gasteiger partial charge in [0.1, 0.15) is 12.4 Å². The third-order valence-corrected chi connectivity index (χ3v) is 6.20. The molecule has 0 N–H and O–H groups in total. The van der Waals surface area contributed by atoms with E-state index in [2.05, 4.69) is 15.1 Å². The first-order valence-corrected chi connectivity index (χ1v) is 11.5. The Hall–Kier alpha value is -3.43. The molecule has 0 spiro atoms. The van der Waals surface area contributed by atoms with E-state index in [4.69, 9.17) is 26.1 Å². The largest absolute Gasteiger partial charge is 0.484 e. The van der Waals surface area contributed by atoms with E-state index in [9.17, 15) is 4.79 Å². The van der Waals surface area contributed by atoms with Gasteiger partial charge in [-0.05, 0) is 37.3 Å². The average molecular weight is 481 g/mol. The highest BCUT2D eigenvalue weighted by Crippen LogP contribution is 2.28. The number of rotatable bonds is 6. The summed E-state index contributed by atoms with van der Waals surface area (Å²) in [7, 11) is 1.62. The zero-order chi connectivity index (χ0) is 23.7.